The first-order chi connectivity index (χ1) is 17.5. The Morgan fingerprint density at radius 3 is 2.44 bits per heavy atom. The molecule has 4 aromatic rings. The molecule has 36 heavy (non-hydrogen) atoms. The lowest BCUT2D eigenvalue weighted by atomic mass is 10.1. The molecule has 0 fully saturated rings. The van der Waals surface area contributed by atoms with E-state index in [1.165, 1.54) is 22.9 Å². The first-order valence-corrected chi connectivity index (χ1v) is 11.2. The minimum Gasteiger partial charge on any atom is -0.382 e. The van der Waals surface area contributed by atoms with Crippen molar-refractivity contribution in [2.75, 3.05) is 17.6 Å². The van der Waals surface area contributed by atoms with E-state index in [0.717, 1.165) is 5.69 Å². The molecule has 0 aliphatic carbocycles. The number of nitrogen functional groups attached to an aromatic ring is 1. The molecule has 10 nitrogen and oxygen atoms in total. The predicted molar refractivity (Wildman–Crippen MR) is 136 cm³/mol. The van der Waals surface area contributed by atoms with Crippen LogP contribution in [0.1, 0.15) is 28.0 Å². The van der Waals surface area contributed by atoms with E-state index < -0.39 is 10.8 Å². The van der Waals surface area contributed by atoms with Gasteiger partial charge in [-0.25, -0.2) is 4.68 Å². The summed E-state index contributed by atoms with van der Waals surface area (Å²) in [5.41, 5.74) is 8.68. The molecule has 0 bridgehead atoms. The summed E-state index contributed by atoms with van der Waals surface area (Å²) in [4.78, 5) is 23.7. The topological polar surface area (TPSA) is 152 Å². The average Bonchev–Trinajstić information content (AvgIpc) is 3.22. The Bertz CT molecular complexity index is 1430. The molecule has 10 heteroatoms. The van der Waals surface area contributed by atoms with E-state index >= 15 is 0 Å². The minimum absolute atomic E-state index is 0.177. The van der Waals surface area contributed by atoms with Crippen LogP contribution in [0.3, 0.4) is 0 Å². The van der Waals surface area contributed by atoms with Gasteiger partial charge in [-0.1, -0.05) is 36.4 Å². The Hall–Kier alpha value is -5.17. The van der Waals surface area contributed by atoms with Crippen molar-refractivity contribution < 1.29 is 9.72 Å². The van der Waals surface area contributed by atoms with Crippen LogP contribution >= 0.6 is 0 Å². The summed E-state index contributed by atoms with van der Waals surface area (Å²) in [6.45, 7) is 0.291. The molecule has 3 aromatic carbocycles. The van der Waals surface area contributed by atoms with Gasteiger partial charge in [-0.15, -0.1) is 0 Å². The Labute approximate surface area is 207 Å². The maximum absolute atomic E-state index is 12.6. The molecule has 0 atom stereocenters. The van der Waals surface area contributed by atoms with Crippen LogP contribution in [0.2, 0.25) is 0 Å². The van der Waals surface area contributed by atoms with Crippen molar-refractivity contribution >= 4 is 28.8 Å². The van der Waals surface area contributed by atoms with Crippen molar-refractivity contribution in [3.05, 3.63) is 106 Å². The highest BCUT2D eigenvalue weighted by Crippen LogP contribution is 2.28. The fraction of sp³-hybridized carbons (Fsp3) is 0.115. The minimum atomic E-state index is -0.529. The number of anilines is 3. The number of carbonyl (C=O) groups is 1. The van der Waals surface area contributed by atoms with Crippen LogP contribution < -0.4 is 16.4 Å². The molecule has 180 valence electrons. The molecule has 0 spiro atoms. The van der Waals surface area contributed by atoms with Gasteiger partial charge in [-0.3, -0.25) is 14.9 Å². The van der Waals surface area contributed by atoms with E-state index in [0.29, 0.717) is 42.0 Å². The molecule has 0 unspecified atom stereocenters. The standard InChI is InChI=1S/C26H23N7O3/c27-17-21-22(31-32(25(21)28)20-10-5-2-6-11-20)12-7-15-29-26(34)18-13-14-23(24(16-18)33(35)36)30-19-8-3-1-4-9-19/h1-6,8-11,13-14,16,30H,7,12,15,28H2,(H,29,34). The van der Waals surface area contributed by atoms with Crippen molar-refractivity contribution in [1.29, 1.82) is 5.26 Å². The van der Waals surface area contributed by atoms with Gasteiger partial charge in [0.1, 0.15) is 23.1 Å². The van der Waals surface area contributed by atoms with E-state index in [2.05, 4.69) is 21.8 Å². The molecule has 1 amide bonds. The van der Waals surface area contributed by atoms with Gasteiger partial charge in [0.25, 0.3) is 11.6 Å². The number of nitrogens with two attached hydrogens (primary N) is 1. The molecular weight excluding hydrogens is 458 g/mol. The number of benzene rings is 3. The molecular formula is C26H23N7O3. The van der Waals surface area contributed by atoms with Gasteiger partial charge in [0.05, 0.1) is 16.3 Å². The number of carbonyl (C=O) groups excluding carboxylic acids is 1. The molecule has 4 rings (SSSR count). The van der Waals surface area contributed by atoms with Crippen LogP contribution in [0.15, 0.2) is 78.9 Å². The Balaban J connectivity index is 1.39. The summed E-state index contributed by atoms with van der Waals surface area (Å²) in [7, 11) is 0. The number of nitrogens with one attached hydrogen (secondary N) is 2. The van der Waals surface area contributed by atoms with Crippen molar-refractivity contribution in [1.82, 2.24) is 15.1 Å². The van der Waals surface area contributed by atoms with Crippen LogP contribution in [0.5, 0.6) is 0 Å². The number of nitrogens with zero attached hydrogens (tertiary/aromatic N) is 4. The number of aryl methyl sites for hydroxylation is 1. The fourth-order valence-electron chi connectivity index (χ4n) is 3.71. The summed E-state index contributed by atoms with van der Waals surface area (Å²) in [5.74, 6) is -0.168. The van der Waals surface area contributed by atoms with Crippen molar-refractivity contribution in [2.45, 2.75) is 12.8 Å². The first-order valence-electron chi connectivity index (χ1n) is 11.2. The molecule has 0 radical (unpaired) electrons. The van der Waals surface area contributed by atoms with Gasteiger partial charge < -0.3 is 16.4 Å². The number of nitro groups is 1. The zero-order valence-electron chi connectivity index (χ0n) is 19.2. The Morgan fingerprint density at radius 2 is 1.78 bits per heavy atom. The van der Waals surface area contributed by atoms with Crippen molar-refractivity contribution in [3.63, 3.8) is 0 Å². The Morgan fingerprint density at radius 1 is 1.08 bits per heavy atom. The highest BCUT2D eigenvalue weighted by atomic mass is 16.6. The lowest BCUT2D eigenvalue weighted by Crippen LogP contribution is -2.25. The molecule has 0 saturated heterocycles. The number of para-hydroxylation sites is 2. The SMILES string of the molecule is N#Cc1c(CCCNC(=O)c2ccc(Nc3ccccc3)c([N+](=O)[O-])c2)nn(-c2ccccc2)c1N. The lowest BCUT2D eigenvalue weighted by molar-refractivity contribution is -0.383. The number of nitriles is 1. The molecule has 0 aliphatic rings. The van der Waals surface area contributed by atoms with Crippen LogP contribution in [0.25, 0.3) is 5.69 Å². The fourth-order valence-corrected chi connectivity index (χ4v) is 3.71. The normalized spacial score (nSPS) is 10.4. The van der Waals surface area contributed by atoms with Gasteiger partial charge in [0.2, 0.25) is 0 Å². The first kappa shape index (κ1) is 24.0. The average molecular weight is 482 g/mol. The Kier molecular flexibility index (Phi) is 7.22. The lowest BCUT2D eigenvalue weighted by Gasteiger charge is -2.09. The van der Waals surface area contributed by atoms with Crippen LogP contribution in [-0.4, -0.2) is 27.2 Å². The van der Waals surface area contributed by atoms with Crippen LogP contribution in [0.4, 0.5) is 22.9 Å². The second-order valence-corrected chi connectivity index (χ2v) is 7.91. The van der Waals surface area contributed by atoms with E-state index in [-0.39, 0.29) is 17.1 Å². The van der Waals surface area contributed by atoms with Crippen molar-refractivity contribution in [2.24, 2.45) is 0 Å². The quantitative estimate of drug-likeness (QED) is 0.183. The van der Waals surface area contributed by atoms with Crippen molar-refractivity contribution in [3.8, 4) is 11.8 Å². The molecule has 1 heterocycles. The number of amides is 1. The van der Waals surface area contributed by atoms with Gasteiger partial charge in [0.15, 0.2) is 0 Å². The second-order valence-electron chi connectivity index (χ2n) is 7.91. The second kappa shape index (κ2) is 10.8. The summed E-state index contributed by atoms with van der Waals surface area (Å²) in [6, 6.07) is 24.7. The third kappa shape index (κ3) is 5.31. The maximum atomic E-state index is 12.6. The summed E-state index contributed by atoms with van der Waals surface area (Å²) in [5, 5.41) is 31.4. The third-order valence-corrected chi connectivity index (χ3v) is 5.49. The number of rotatable bonds is 9. The highest BCUT2D eigenvalue weighted by molar-refractivity contribution is 5.95. The summed E-state index contributed by atoms with van der Waals surface area (Å²) < 4.78 is 1.52. The zero-order chi connectivity index (χ0) is 25.5. The monoisotopic (exact) mass is 481 g/mol. The van der Waals surface area contributed by atoms with E-state index in [4.69, 9.17) is 5.73 Å². The van der Waals surface area contributed by atoms with E-state index in [9.17, 15) is 20.2 Å². The number of hydrogen-bond donors (Lipinski definition) is 3. The number of hydrogen-bond acceptors (Lipinski definition) is 7. The van der Waals surface area contributed by atoms with Crippen LogP contribution in [0, 0.1) is 21.4 Å². The van der Waals surface area contributed by atoms with E-state index in [1.54, 1.807) is 12.1 Å². The van der Waals surface area contributed by atoms with Gasteiger partial charge in [-0.2, -0.15) is 10.4 Å². The summed E-state index contributed by atoms with van der Waals surface area (Å²) in [6.07, 6.45) is 0.925. The molecule has 4 N–H and O–H groups in total. The van der Waals surface area contributed by atoms with Gasteiger partial charge in [0, 0.05) is 23.9 Å². The van der Waals surface area contributed by atoms with Gasteiger partial charge in [-0.05, 0) is 49.2 Å². The molecule has 1 aromatic heterocycles. The number of aromatic nitrogens is 2. The number of nitro benzene ring substituents is 1. The zero-order valence-corrected chi connectivity index (χ0v) is 19.2. The predicted octanol–water partition coefficient (Wildman–Crippen LogP) is 4.34. The third-order valence-electron chi connectivity index (χ3n) is 5.49. The van der Waals surface area contributed by atoms with Gasteiger partial charge >= 0.3 is 0 Å². The maximum Gasteiger partial charge on any atom is 0.293 e. The highest BCUT2D eigenvalue weighted by Gasteiger charge is 2.19. The summed E-state index contributed by atoms with van der Waals surface area (Å²) >= 11 is 0. The van der Waals surface area contributed by atoms with Crippen LogP contribution in [-0.2, 0) is 6.42 Å². The molecule has 0 saturated carbocycles. The molecule has 0 aliphatic heterocycles. The largest absolute Gasteiger partial charge is 0.382 e. The smallest absolute Gasteiger partial charge is 0.293 e. The van der Waals surface area contributed by atoms with E-state index in [1.807, 2.05) is 48.5 Å².